The maximum Gasteiger partial charge on any atom is 0.251 e. The van der Waals surface area contributed by atoms with Crippen LogP contribution in [0.3, 0.4) is 0 Å². The van der Waals surface area contributed by atoms with E-state index in [0.717, 1.165) is 29.7 Å². The van der Waals surface area contributed by atoms with Crippen LogP contribution in [0, 0.1) is 6.92 Å². The molecule has 0 unspecified atom stereocenters. The van der Waals surface area contributed by atoms with Crippen molar-refractivity contribution in [1.29, 1.82) is 0 Å². The molecule has 1 fully saturated rings. The van der Waals surface area contributed by atoms with E-state index < -0.39 is 10.0 Å². The lowest BCUT2D eigenvalue weighted by Gasteiger charge is -2.11. The van der Waals surface area contributed by atoms with Crippen LogP contribution in [-0.4, -0.2) is 25.4 Å². The molecule has 1 aromatic heterocycles. The summed E-state index contributed by atoms with van der Waals surface area (Å²) in [5, 5.41) is 2.86. The standard InChI is InChI=1S/C24H25N3O4S/c1-17-4-11-22(32(29,30)27-20-7-8-20)13-23(17)24(28)26-15-18-5-9-21(10-6-18)31-16-19-3-2-12-25-14-19/h2-6,9-14,20,27H,7-8,15-16H2,1H3,(H,26,28). The molecule has 0 radical (unpaired) electrons. The molecule has 1 aliphatic carbocycles. The van der Waals surface area contributed by atoms with Gasteiger partial charge in [-0.15, -0.1) is 0 Å². The number of hydrogen-bond donors (Lipinski definition) is 2. The molecule has 1 aliphatic rings. The van der Waals surface area contributed by atoms with Crippen molar-refractivity contribution in [2.45, 2.75) is 43.9 Å². The van der Waals surface area contributed by atoms with E-state index in [1.54, 1.807) is 25.4 Å². The van der Waals surface area contributed by atoms with Crippen LogP contribution in [0.15, 0.2) is 71.9 Å². The van der Waals surface area contributed by atoms with Crippen LogP contribution in [0.25, 0.3) is 0 Å². The average Bonchev–Trinajstić information content (AvgIpc) is 3.61. The Morgan fingerprint density at radius 2 is 1.88 bits per heavy atom. The van der Waals surface area contributed by atoms with Crippen molar-refractivity contribution < 1.29 is 17.9 Å². The average molecular weight is 452 g/mol. The van der Waals surface area contributed by atoms with Crippen molar-refractivity contribution in [3.63, 3.8) is 0 Å². The van der Waals surface area contributed by atoms with Crippen LogP contribution in [0.5, 0.6) is 5.75 Å². The highest BCUT2D eigenvalue weighted by Crippen LogP contribution is 2.23. The molecule has 1 amide bonds. The highest BCUT2D eigenvalue weighted by Gasteiger charge is 2.28. The van der Waals surface area contributed by atoms with E-state index in [4.69, 9.17) is 4.74 Å². The summed E-state index contributed by atoms with van der Waals surface area (Å²) in [4.78, 5) is 16.9. The van der Waals surface area contributed by atoms with Crippen molar-refractivity contribution in [1.82, 2.24) is 15.0 Å². The second-order valence-corrected chi connectivity index (χ2v) is 9.56. The van der Waals surface area contributed by atoms with Gasteiger partial charge in [0.15, 0.2) is 0 Å². The second kappa shape index (κ2) is 9.50. The number of sulfonamides is 1. The van der Waals surface area contributed by atoms with Crippen LogP contribution in [0.1, 0.15) is 39.9 Å². The third kappa shape index (κ3) is 5.72. The highest BCUT2D eigenvalue weighted by molar-refractivity contribution is 7.89. The number of pyridine rings is 1. The Morgan fingerprint density at radius 3 is 2.56 bits per heavy atom. The van der Waals surface area contributed by atoms with Gasteiger partial charge in [0.05, 0.1) is 4.90 Å². The van der Waals surface area contributed by atoms with Gasteiger partial charge in [-0.1, -0.05) is 24.3 Å². The lowest BCUT2D eigenvalue weighted by molar-refractivity contribution is 0.0950. The van der Waals surface area contributed by atoms with Crippen molar-refractivity contribution >= 4 is 15.9 Å². The molecule has 0 atom stereocenters. The lowest BCUT2D eigenvalue weighted by Crippen LogP contribution is -2.27. The number of carbonyl (C=O) groups is 1. The number of amides is 1. The molecule has 0 saturated heterocycles. The minimum Gasteiger partial charge on any atom is -0.489 e. The first-order chi connectivity index (χ1) is 15.4. The molecular weight excluding hydrogens is 426 g/mol. The van der Waals surface area contributed by atoms with Gasteiger partial charge in [0, 0.05) is 36.1 Å². The molecule has 4 rings (SSSR count). The summed E-state index contributed by atoms with van der Waals surface area (Å²) in [6.45, 7) is 2.53. The highest BCUT2D eigenvalue weighted by atomic mass is 32.2. The fourth-order valence-corrected chi connectivity index (χ4v) is 4.46. The molecule has 3 aromatic rings. The van der Waals surface area contributed by atoms with Gasteiger partial charge in [-0.05, 0) is 61.2 Å². The number of rotatable bonds is 9. The summed E-state index contributed by atoms with van der Waals surface area (Å²) in [5.74, 6) is 0.406. The molecule has 1 heterocycles. The Hall–Kier alpha value is -3.23. The van der Waals surface area contributed by atoms with Gasteiger partial charge in [-0.3, -0.25) is 9.78 Å². The van der Waals surface area contributed by atoms with Crippen molar-refractivity contribution in [3.8, 4) is 5.75 Å². The monoisotopic (exact) mass is 451 g/mol. The summed E-state index contributed by atoms with van der Waals surface area (Å²) in [6, 6.07) is 15.9. The first kappa shape index (κ1) is 22.0. The Bertz CT molecular complexity index is 1190. The van der Waals surface area contributed by atoms with Gasteiger partial charge in [-0.2, -0.15) is 0 Å². The zero-order valence-electron chi connectivity index (χ0n) is 17.7. The molecule has 0 aliphatic heterocycles. The molecule has 0 spiro atoms. The Kier molecular flexibility index (Phi) is 6.53. The predicted molar refractivity (Wildman–Crippen MR) is 121 cm³/mol. The van der Waals surface area contributed by atoms with E-state index in [-0.39, 0.29) is 16.8 Å². The second-order valence-electron chi connectivity index (χ2n) is 7.85. The number of nitrogens with zero attached hydrogens (tertiary/aromatic N) is 1. The summed E-state index contributed by atoms with van der Waals surface area (Å²) in [5.41, 5.74) is 2.95. The number of carbonyl (C=O) groups excluding carboxylic acids is 1. The molecule has 2 N–H and O–H groups in total. The first-order valence-corrected chi connectivity index (χ1v) is 11.9. The van der Waals surface area contributed by atoms with Crippen LogP contribution in [0.2, 0.25) is 0 Å². The quantitative estimate of drug-likeness (QED) is 0.520. The smallest absolute Gasteiger partial charge is 0.251 e. The van der Waals surface area contributed by atoms with Gasteiger partial charge in [0.25, 0.3) is 5.91 Å². The van der Waals surface area contributed by atoms with Crippen molar-refractivity contribution in [3.05, 3.63) is 89.2 Å². The Balaban J connectivity index is 1.35. The first-order valence-electron chi connectivity index (χ1n) is 10.4. The molecule has 2 aromatic carbocycles. The predicted octanol–water partition coefficient (Wildman–Crippen LogP) is 3.34. The summed E-state index contributed by atoms with van der Waals surface area (Å²) < 4.78 is 33.3. The van der Waals surface area contributed by atoms with Gasteiger partial charge >= 0.3 is 0 Å². The van der Waals surface area contributed by atoms with Crippen LogP contribution >= 0.6 is 0 Å². The van der Waals surface area contributed by atoms with E-state index in [9.17, 15) is 13.2 Å². The fraction of sp³-hybridized carbons (Fsp3) is 0.250. The molecule has 32 heavy (non-hydrogen) atoms. The largest absolute Gasteiger partial charge is 0.489 e. The SMILES string of the molecule is Cc1ccc(S(=O)(=O)NC2CC2)cc1C(=O)NCc1ccc(OCc2cccnc2)cc1. The number of nitrogens with one attached hydrogen (secondary N) is 2. The van der Waals surface area contributed by atoms with Crippen LogP contribution in [0.4, 0.5) is 0 Å². The Morgan fingerprint density at radius 1 is 1.09 bits per heavy atom. The maximum atomic E-state index is 12.7. The van der Waals surface area contributed by atoms with Gasteiger partial charge in [-0.25, -0.2) is 13.1 Å². The van der Waals surface area contributed by atoms with E-state index in [1.807, 2.05) is 36.4 Å². The molecule has 8 heteroatoms. The van der Waals surface area contributed by atoms with E-state index in [2.05, 4.69) is 15.0 Å². The number of hydrogen-bond acceptors (Lipinski definition) is 5. The number of ether oxygens (including phenoxy) is 1. The fourth-order valence-electron chi connectivity index (χ4n) is 3.13. The minimum atomic E-state index is -3.62. The Labute approximate surface area is 187 Å². The zero-order valence-corrected chi connectivity index (χ0v) is 18.6. The topological polar surface area (TPSA) is 97.4 Å². The molecule has 0 bridgehead atoms. The number of benzene rings is 2. The summed E-state index contributed by atoms with van der Waals surface area (Å²) >= 11 is 0. The van der Waals surface area contributed by atoms with Crippen molar-refractivity contribution in [2.24, 2.45) is 0 Å². The van der Waals surface area contributed by atoms with Gasteiger partial charge in [0.2, 0.25) is 10.0 Å². The normalized spacial score (nSPS) is 13.5. The van der Waals surface area contributed by atoms with Gasteiger partial charge in [0.1, 0.15) is 12.4 Å². The van der Waals surface area contributed by atoms with Gasteiger partial charge < -0.3 is 10.1 Å². The molecule has 1 saturated carbocycles. The molecule has 7 nitrogen and oxygen atoms in total. The minimum absolute atomic E-state index is 0.00916. The van der Waals surface area contributed by atoms with E-state index in [1.165, 1.54) is 12.1 Å². The lowest BCUT2D eigenvalue weighted by atomic mass is 10.1. The number of aromatic nitrogens is 1. The van der Waals surface area contributed by atoms with E-state index >= 15 is 0 Å². The zero-order chi connectivity index (χ0) is 22.6. The molecule has 166 valence electrons. The third-order valence-corrected chi connectivity index (χ3v) is 6.69. The third-order valence-electron chi connectivity index (χ3n) is 5.17. The maximum absolute atomic E-state index is 12.7. The molecular formula is C24H25N3O4S. The summed E-state index contributed by atoms with van der Waals surface area (Å²) in [6.07, 6.45) is 5.18. The van der Waals surface area contributed by atoms with Crippen LogP contribution in [-0.2, 0) is 23.2 Å². The van der Waals surface area contributed by atoms with Crippen molar-refractivity contribution in [2.75, 3.05) is 0 Å². The van der Waals surface area contributed by atoms with Crippen LogP contribution < -0.4 is 14.8 Å². The summed E-state index contributed by atoms with van der Waals surface area (Å²) in [7, 11) is -3.62. The van der Waals surface area contributed by atoms with E-state index in [0.29, 0.717) is 24.3 Å². The number of aryl methyl sites for hydroxylation is 1.